The number of hydrogen-bond acceptors (Lipinski definition) is 3. The van der Waals surface area contributed by atoms with Crippen molar-refractivity contribution in [2.75, 3.05) is 5.32 Å². The molecule has 0 spiro atoms. The van der Waals surface area contributed by atoms with Gasteiger partial charge in [0.05, 0.1) is 0 Å². The first-order chi connectivity index (χ1) is 12.4. The fourth-order valence-electron chi connectivity index (χ4n) is 2.79. The molecule has 0 atom stereocenters. The predicted molar refractivity (Wildman–Crippen MR) is 104 cm³/mol. The highest BCUT2D eigenvalue weighted by atomic mass is 16.2. The van der Waals surface area contributed by atoms with Crippen molar-refractivity contribution in [2.45, 2.75) is 52.5 Å². The van der Waals surface area contributed by atoms with Crippen molar-refractivity contribution in [3.63, 3.8) is 0 Å². The van der Waals surface area contributed by atoms with Gasteiger partial charge in [0.15, 0.2) is 0 Å². The third kappa shape index (κ3) is 5.41. The van der Waals surface area contributed by atoms with Gasteiger partial charge in [-0.3, -0.25) is 14.6 Å². The predicted octanol–water partition coefficient (Wildman–Crippen LogP) is 3.97. The molecule has 0 unspecified atom stereocenters. The molecule has 0 aliphatic rings. The van der Waals surface area contributed by atoms with Gasteiger partial charge in [0.25, 0.3) is 0 Å². The van der Waals surface area contributed by atoms with Crippen molar-refractivity contribution in [3.8, 4) is 0 Å². The Labute approximate surface area is 155 Å². The monoisotopic (exact) mass is 353 g/mol. The van der Waals surface area contributed by atoms with E-state index < -0.39 is 0 Å². The van der Waals surface area contributed by atoms with Gasteiger partial charge in [-0.05, 0) is 34.6 Å². The third-order valence-corrected chi connectivity index (χ3v) is 4.17. The molecule has 0 fully saturated rings. The van der Waals surface area contributed by atoms with Crippen LogP contribution < -0.4 is 10.6 Å². The number of para-hydroxylation sites is 1. The van der Waals surface area contributed by atoms with Gasteiger partial charge in [-0.25, -0.2) is 0 Å². The van der Waals surface area contributed by atoms with Gasteiger partial charge in [0, 0.05) is 24.6 Å². The minimum atomic E-state index is -0.306. The highest BCUT2D eigenvalue weighted by molar-refractivity contribution is 6.04. The lowest BCUT2D eigenvalue weighted by Crippen LogP contribution is -2.28. The molecule has 0 aliphatic carbocycles. The van der Waals surface area contributed by atoms with Crippen LogP contribution in [0.3, 0.4) is 0 Å². The van der Waals surface area contributed by atoms with Crippen LogP contribution in [0.2, 0.25) is 0 Å². The fraction of sp³-hybridized carbons (Fsp3) is 0.381. The Morgan fingerprint density at radius 1 is 0.962 bits per heavy atom. The van der Waals surface area contributed by atoms with E-state index in [1.807, 2.05) is 30.3 Å². The molecule has 0 aliphatic heterocycles. The van der Waals surface area contributed by atoms with Crippen LogP contribution in [0.15, 0.2) is 42.7 Å². The normalized spacial score (nSPS) is 10.8. The van der Waals surface area contributed by atoms with Gasteiger partial charge in [0.1, 0.15) is 6.42 Å². The van der Waals surface area contributed by atoms with E-state index in [0.717, 1.165) is 22.4 Å². The van der Waals surface area contributed by atoms with Crippen molar-refractivity contribution in [1.29, 1.82) is 0 Å². The van der Waals surface area contributed by atoms with Crippen LogP contribution in [0.25, 0.3) is 0 Å². The van der Waals surface area contributed by atoms with E-state index in [-0.39, 0.29) is 30.1 Å². The van der Waals surface area contributed by atoms with Crippen LogP contribution in [0.5, 0.6) is 0 Å². The van der Waals surface area contributed by atoms with Gasteiger partial charge in [-0.1, -0.05) is 52.0 Å². The van der Waals surface area contributed by atoms with Crippen LogP contribution in [0, 0.1) is 0 Å². The number of rotatable bonds is 7. The number of aromatic nitrogens is 1. The zero-order chi connectivity index (χ0) is 19.1. The topological polar surface area (TPSA) is 71.1 Å². The van der Waals surface area contributed by atoms with Gasteiger partial charge < -0.3 is 10.6 Å². The quantitative estimate of drug-likeness (QED) is 0.740. The largest absolute Gasteiger partial charge is 0.352 e. The fourth-order valence-corrected chi connectivity index (χ4v) is 2.79. The number of carbonyl (C=O) groups is 2. The van der Waals surface area contributed by atoms with Crippen molar-refractivity contribution in [3.05, 3.63) is 59.4 Å². The molecule has 0 saturated carbocycles. The van der Waals surface area contributed by atoms with Crippen LogP contribution in [-0.4, -0.2) is 16.8 Å². The Hall–Kier alpha value is -2.69. The maximum absolute atomic E-state index is 12.4. The summed E-state index contributed by atoms with van der Waals surface area (Å²) in [6.45, 7) is 8.73. The van der Waals surface area contributed by atoms with E-state index in [9.17, 15) is 9.59 Å². The Kier molecular flexibility index (Phi) is 6.89. The molecule has 2 N–H and O–H groups in total. The Morgan fingerprint density at radius 3 is 2.15 bits per heavy atom. The average Bonchev–Trinajstić information content (AvgIpc) is 2.60. The summed E-state index contributed by atoms with van der Waals surface area (Å²) in [5.74, 6) is -0.0463. The van der Waals surface area contributed by atoms with Crippen molar-refractivity contribution < 1.29 is 9.59 Å². The summed E-state index contributed by atoms with van der Waals surface area (Å²) in [4.78, 5) is 28.5. The molecule has 1 aromatic carbocycles. The lowest BCUT2D eigenvalue weighted by atomic mass is 9.92. The molecule has 2 amide bonds. The number of benzene rings is 1. The molecule has 2 rings (SSSR count). The molecule has 26 heavy (non-hydrogen) atoms. The van der Waals surface area contributed by atoms with Gasteiger partial charge in [0.2, 0.25) is 11.8 Å². The van der Waals surface area contributed by atoms with Crippen LogP contribution in [-0.2, 0) is 16.1 Å². The number of amides is 2. The molecular formula is C21H27N3O2. The van der Waals surface area contributed by atoms with Crippen molar-refractivity contribution >= 4 is 17.5 Å². The number of nitrogens with zero attached hydrogens (tertiary/aromatic N) is 1. The molecule has 5 heteroatoms. The first-order valence-electron chi connectivity index (χ1n) is 8.96. The van der Waals surface area contributed by atoms with E-state index in [2.05, 4.69) is 43.3 Å². The molecule has 5 nitrogen and oxygen atoms in total. The van der Waals surface area contributed by atoms with Crippen LogP contribution in [0.4, 0.5) is 5.69 Å². The van der Waals surface area contributed by atoms with E-state index in [1.165, 1.54) is 0 Å². The average molecular weight is 353 g/mol. The molecular weight excluding hydrogens is 326 g/mol. The summed E-state index contributed by atoms with van der Waals surface area (Å²) in [6, 6.07) is 9.75. The molecule has 1 heterocycles. The maximum atomic E-state index is 12.4. The Morgan fingerprint density at radius 2 is 1.62 bits per heavy atom. The lowest BCUT2D eigenvalue weighted by Gasteiger charge is -2.20. The van der Waals surface area contributed by atoms with Crippen LogP contribution in [0.1, 0.15) is 62.6 Å². The second-order valence-corrected chi connectivity index (χ2v) is 6.98. The van der Waals surface area contributed by atoms with E-state index in [4.69, 9.17) is 0 Å². The zero-order valence-corrected chi connectivity index (χ0v) is 15.9. The second-order valence-electron chi connectivity index (χ2n) is 6.98. The summed E-state index contributed by atoms with van der Waals surface area (Å²) in [6.07, 6.45) is 3.16. The summed E-state index contributed by atoms with van der Waals surface area (Å²) < 4.78 is 0. The number of pyridine rings is 1. The molecule has 138 valence electrons. The molecule has 0 saturated heterocycles. The number of anilines is 1. The molecule has 1 aromatic heterocycles. The Bertz CT molecular complexity index is 729. The van der Waals surface area contributed by atoms with Gasteiger partial charge >= 0.3 is 0 Å². The van der Waals surface area contributed by atoms with Crippen LogP contribution >= 0.6 is 0 Å². The van der Waals surface area contributed by atoms with E-state index in [1.54, 1.807) is 12.4 Å². The third-order valence-electron chi connectivity index (χ3n) is 4.17. The molecule has 2 aromatic rings. The smallest absolute Gasteiger partial charge is 0.233 e. The highest BCUT2D eigenvalue weighted by Crippen LogP contribution is 2.32. The van der Waals surface area contributed by atoms with Gasteiger partial charge in [-0.2, -0.15) is 0 Å². The van der Waals surface area contributed by atoms with E-state index in [0.29, 0.717) is 6.54 Å². The number of carbonyl (C=O) groups excluding carboxylic acids is 2. The first kappa shape index (κ1) is 19.6. The second kappa shape index (κ2) is 9.13. The summed E-state index contributed by atoms with van der Waals surface area (Å²) in [5.41, 5.74) is 3.90. The molecule has 0 radical (unpaired) electrons. The lowest BCUT2D eigenvalue weighted by molar-refractivity contribution is -0.126. The Balaban J connectivity index is 2.02. The zero-order valence-electron chi connectivity index (χ0n) is 15.9. The summed E-state index contributed by atoms with van der Waals surface area (Å²) in [7, 11) is 0. The first-order valence-corrected chi connectivity index (χ1v) is 8.96. The van der Waals surface area contributed by atoms with Crippen molar-refractivity contribution in [2.24, 2.45) is 0 Å². The highest BCUT2D eigenvalue weighted by Gasteiger charge is 2.17. The van der Waals surface area contributed by atoms with E-state index >= 15 is 0 Å². The maximum Gasteiger partial charge on any atom is 0.233 e. The SMILES string of the molecule is CC(C)c1cccc(C(C)C)c1NC(=O)CC(=O)NCc1cccnc1. The standard InChI is InChI=1S/C21H27N3O2/c1-14(2)17-8-5-9-18(15(3)4)21(17)24-20(26)11-19(25)23-13-16-7-6-10-22-12-16/h5-10,12,14-15H,11,13H2,1-4H3,(H,23,25)(H,24,26). The minimum Gasteiger partial charge on any atom is -0.352 e. The summed E-state index contributed by atoms with van der Waals surface area (Å²) >= 11 is 0. The molecule has 0 bridgehead atoms. The summed E-state index contributed by atoms with van der Waals surface area (Å²) in [5, 5.41) is 5.71. The number of nitrogens with one attached hydrogen (secondary N) is 2. The van der Waals surface area contributed by atoms with Crippen molar-refractivity contribution in [1.82, 2.24) is 10.3 Å². The number of hydrogen-bond donors (Lipinski definition) is 2. The van der Waals surface area contributed by atoms with Gasteiger partial charge in [-0.15, -0.1) is 0 Å². The minimum absolute atomic E-state index is 0.204.